The molecule has 2 atom stereocenters. The second-order valence-corrected chi connectivity index (χ2v) is 9.35. The molecule has 4 N–H and O–H groups in total. The topological polar surface area (TPSA) is 101 Å². The summed E-state index contributed by atoms with van der Waals surface area (Å²) in [6, 6.07) is 5.04. The molecule has 1 aromatic carbocycles. The third kappa shape index (κ3) is 4.76. The predicted molar refractivity (Wildman–Crippen MR) is 105 cm³/mol. The maximum atomic E-state index is 12.7. The number of hydrogen-bond donors (Lipinski definition) is 3. The van der Waals surface area contributed by atoms with Crippen LogP contribution in [0.1, 0.15) is 51.0 Å². The van der Waals surface area contributed by atoms with Gasteiger partial charge < -0.3 is 11.1 Å². The highest BCUT2D eigenvalue weighted by molar-refractivity contribution is 7.89. The van der Waals surface area contributed by atoms with Gasteiger partial charge in [0.05, 0.1) is 10.8 Å². The summed E-state index contributed by atoms with van der Waals surface area (Å²) in [7, 11) is -3.56. The van der Waals surface area contributed by atoms with Crippen LogP contribution in [0.25, 0.3) is 0 Å². The zero-order chi connectivity index (χ0) is 18.2. The monoisotopic (exact) mass is 401 g/mol. The van der Waals surface area contributed by atoms with Crippen molar-refractivity contribution in [3.8, 4) is 0 Å². The van der Waals surface area contributed by atoms with E-state index >= 15 is 0 Å². The molecule has 0 aromatic heterocycles. The quantitative estimate of drug-likeness (QED) is 0.705. The molecule has 146 valence electrons. The van der Waals surface area contributed by atoms with Crippen LogP contribution in [0.2, 0.25) is 0 Å². The summed E-state index contributed by atoms with van der Waals surface area (Å²) >= 11 is 0. The average Bonchev–Trinajstić information content (AvgIpc) is 3.31. The van der Waals surface area contributed by atoms with Gasteiger partial charge in [-0.2, -0.15) is 0 Å². The lowest BCUT2D eigenvalue weighted by Crippen LogP contribution is -2.51. The molecule has 3 rings (SSSR count). The number of aryl methyl sites for hydroxylation is 1. The van der Waals surface area contributed by atoms with Crippen molar-refractivity contribution in [2.24, 2.45) is 11.7 Å². The number of benzene rings is 1. The van der Waals surface area contributed by atoms with Gasteiger partial charge in [-0.3, -0.25) is 4.79 Å². The summed E-state index contributed by atoms with van der Waals surface area (Å²) in [6.45, 7) is 3.67. The molecule has 2 unspecified atom stereocenters. The van der Waals surface area contributed by atoms with Crippen LogP contribution in [0.5, 0.6) is 0 Å². The third-order valence-electron chi connectivity index (χ3n) is 5.22. The number of hydrogen-bond acceptors (Lipinski definition) is 4. The van der Waals surface area contributed by atoms with Gasteiger partial charge in [0.25, 0.3) is 0 Å². The molecule has 2 aliphatic carbocycles. The molecule has 6 nitrogen and oxygen atoms in total. The number of anilines is 1. The SMILES string of the molecule is Cc1ccc(NC(=O)C2CCCCC2(C)N)cc1S(=O)(=O)NC1CC1.Cl. The van der Waals surface area contributed by atoms with Crippen LogP contribution in [-0.2, 0) is 14.8 Å². The summed E-state index contributed by atoms with van der Waals surface area (Å²) in [5, 5.41) is 2.86. The van der Waals surface area contributed by atoms with Crippen molar-refractivity contribution in [3.63, 3.8) is 0 Å². The van der Waals surface area contributed by atoms with Gasteiger partial charge in [-0.25, -0.2) is 13.1 Å². The Morgan fingerprint density at radius 3 is 2.54 bits per heavy atom. The van der Waals surface area contributed by atoms with Gasteiger partial charge in [0, 0.05) is 17.3 Å². The van der Waals surface area contributed by atoms with Crippen molar-refractivity contribution < 1.29 is 13.2 Å². The number of amides is 1. The molecule has 0 spiro atoms. The summed E-state index contributed by atoms with van der Waals surface area (Å²) in [4.78, 5) is 12.9. The molecule has 1 amide bonds. The smallest absolute Gasteiger partial charge is 0.241 e. The van der Waals surface area contributed by atoms with E-state index in [2.05, 4.69) is 10.0 Å². The van der Waals surface area contributed by atoms with Crippen LogP contribution < -0.4 is 15.8 Å². The van der Waals surface area contributed by atoms with E-state index in [-0.39, 0.29) is 35.2 Å². The average molecular weight is 402 g/mol. The van der Waals surface area contributed by atoms with Gasteiger partial charge in [0.2, 0.25) is 15.9 Å². The highest BCUT2D eigenvalue weighted by Crippen LogP contribution is 2.33. The Balaban J connectivity index is 0.00000243. The fraction of sp³-hybridized carbons (Fsp3) is 0.611. The largest absolute Gasteiger partial charge is 0.326 e. The molecular formula is C18H28ClN3O3S. The van der Waals surface area contributed by atoms with Crippen LogP contribution in [0.4, 0.5) is 5.69 Å². The Morgan fingerprint density at radius 2 is 1.92 bits per heavy atom. The lowest BCUT2D eigenvalue weighted by molar-refractivity contribution is -0.122. The lowest BCUT2D eigenvalue weighted by atomic mass is 9.74. The van der Waals surface area contributed by atoms with E-state index in [9.17, 15) is 13.2 Å². The van der Waals surface area contributed by atoms with E-state index in [0.717, 1.165) is 38.5 Å². The van der Waals surface area contributed by atoms with Gasteiger partial charge >= 0.3 is 0 Å². The molecule has 0 saturated heterocycles. The number of carbonyl (C=O) groups excluding carboxylic acids is 1. The molecule has 2 saturated carbocycles. The molecule has 8 heteroatoms. The Bertz CT molecular complexity index is 776. The van der Waals surface area contributed by atoms with Crippen molar-refractivity contribution in [2.75, 3.05) is 5.32 Å². The van der Waals surface area contributed by atoms with Crippen molar-refractivity contribution in [2.45, 2.75) is 68.8 Å². The van der Waals surface area contributed by atoms with E-state index in [1.807, 2.05) is 6.92 Å². The fourth-order valence-corrected chi connectivity index (χ4v) is 5.05. The van der Waals surface area contributed by atoms with Crippen LogP contribution >= 0.6 is 12.4 Å². The standard InChI is InChI=1S/C18H27N3O3S.ClH/c1-12-6-7-14(11-16(12)25(23,24)21-13-8-9-13)20-17(22)15-5-3-4-10-18(15,2)19;/h6-7,11,13,15,21H,3-5,8-10,19H2,1-2H3,(H,20,22);1H. The highest BCUT2D eigenvalue weighted by atomic mass is 35.5. The van der Waals surface area contributed by atoms with Crippen LogP contribution in [0, 0.1) is 12.8 Å². The molecule has 0 bridgehead atoms. The normalized spacial score (nSPS) is 26.0. The molecule has 0 radical (unpaired) electrons. The first-order valence-corrected chi connectivity index (χ1v) is 10.4. The van der Waals surface area contributed by atoms with Gasteiger partial charge in [-0.05, 0) is 57.2 Å². The Labute approximate surface area is 161 Å². The zero-order valence-electron chi connectivity index (χ0n) is 15.2. The molecule has 26 heavy (non-hydrogen) atoms. The van der Waals surface area contributed by atoms with E-state index in [1.54, 1.807) is 19.1 Å². The number of nitrogens with one attached hydrogen (secondary N) is 2. The first-order chi connectivity index (χ1) is 11.7. The van der Waals surface area contributed by atoms with Gasteiger partial charge in [-0.15, -0.1) is 12.4 Å². The number of sulfonamides is 1. The van der Waals surface area contributed by atoms with E-state index < -0.39 is 15.6 Å². The van der Waals surface area contributed by atoms with E-state index in [4.69, 9.17) is 5.73 Å². The predicted octanol–water partition coefficient (Wildman–Crippen LogP) is 2.70. The number of halogens is 1. The minimum Gasteiger partial charge on any atom is -0.326 e. The van der Waals surface area contributed by atoms with Crippen molar-refractivity contribution in [1.82, 2.24) is 4.72 Å². The first kappa shape index (κ1) is 21.2. The van der Waals surface area contributed by atoms with Crippen molar-refractivity contribution >= 4 is 34.0 Å². The van der Waals surface area contributed by atoms with Crippen LogP contribution in [0.3, 0.4) is 0 Å². The second-order valence-electron chi connectivity index (χ2n) is 7.67. The second kappa shape index (κ2) is 7.84. The number of nitrogens with two attached hydrogens (primary N) is 1. The Morgan fingerprint density at radius 1 is 1.23 bits per heavy atom. The maximum absolute atomic E-state index is 12.7. The highest BCUT2D eigenvalue weighted by Gasteiger charge is 2.38. The molecule has 0 aliphatic heterocycles. The third-order valence-corrected chi connectivity index (χ3v) is 6.88. The maximum Gasteiger partial charge on any atom is 0.241 e. The molecule has 1 aromatic rings. The van der Waals surface area contributed by atoms with Gasteiger partial charge in [0.1, 0.15) is 0 Å². The molecular weight excluding hydrogens is 374 g/mol. The molecule has 0 heterocycles. The Kier molecular flexibility index (Phi) is 6.38. The Hall–Kier alpha value is -1.15. The van der Waals surface area contributed by atoms with Gasteiger partial charge in [0.15, 0.2) is 0 Å². The van der Waals surface area contributed by atoms with Gasteiger partial charge in [-0.1, -0.05) is 18.9 Å². The van der Waals surface area contributed by atoms with Crippen LogP contribution in [0.15, 0.2) is 23.1 Å². The van der Waals surface area contributed by atoms with Crippen molar-refractivity contribution in [1.29, 1.82) is 0 Å². The summed E-state index contributed by atoms with van der Waals surface area (Å²) in [5.41, 5.74) is 6.93. The fourth-order valence-electron chi connectivity index (χ4n) is 3.47. The minimum atomic E-state index is -3.56. The van der Waals surface area contributed by atoms with Crippen molar-refractivity contribution in [3.05, 3.63) is 23.8 Å². The summed E-state index contributed by atoms with van der Waals surface area (Å²) < 4.78 is 27.7. The van der Waals surface area contributed by atoms with E-state index in [0.29, 0.717) is 11.3 Å². The number of carbonyl (C=O) groups is 1. The minimum absolute atomic E-state index is 0. The summed E-state index contributed by atoms with van der Waals surface area (Å²) in [6.07, 6.45) is 5.38. The zero-order valence-corrected chi connectivity index (χ0v) is 16.9. The van der Waals surface area contributed by atoms with E-state index in [1.165, 1.54) is 6.07 Å². The number of rotatable bonds is 5. The lowest BCUT2D eigenvalue weighted by Gasteiger charge is -2.37. The van der Waals surface area contributed by atoms with Crippen LogP contribution in [-0.4, -0.2) is 25.9 Å². The summed E-state index contributed by atoms with van der Waals surface area (Å²) in [5.74, 6) is -0.390. The first-order valence-electron chi connectivity index (χ1n) is 8.92. The molecule has 2 aliphatic rings. The molecule has 2 fully saturated rings.